The van der Waals surface area contributed by atoms with Crippen LogP contribution in [0.4, 0.5) is 26.3 Å². The number of fused-ring (bicyclic) bond motifs is 1. The number of carboxylic acids is 2. The molecule has 1 unspecified atom stereocenters. The van der Waals surface area contributed by atoms with Gasteiger partial charge in [0, 0.05) is 53.9 Å². The molecule has 4 rings (SSSR count). The number of hydrogen-bond acceptors (Lipinski definition) is 6. The van der Waals surface area contributed by atoms with E-state index in [9.17, 15) is 26.3 Å². The molecule has 0 aliphatic carbocycles. The van der Waals surface area contributed by atoms with Gasteiger partial charge in [0.25, 0.3) is 0 Å². The molecule has 0 spiro atoms. The molecule has 0 aromatic carbocycles. The van der Waals surface area contributed by atoms with Crippen LogP contribution in [0.1, 0.15) is 22.6 Å². The van der Waals surface area contributed by atoms with Crippen molar-refractivity contribution in [1.29, 1.82) is 0 Å². The zero-order chi connectivity index (χ0) is 28.0. The molecule has 208 valence electrons. The standard InChI is InChI=1S/C18H26N4S.2C2HF3O2/c1-14-4-5-17(23-14)13-21-9-6-18-15(11-21)10-16(20(18)2)12-22-8-3-7-19-22;2*3-2(4,5)1(6)7/h3-5,7-8,15-16,18H,6,9-13H2,1-2H3;2*(H,6,7)/t15-,16?,18+;;/m1../s1. The Morgan fingerprint density at radius 2 is 1.70 bits per heavy atom. The van der Waals surface area contributed by atoms with Gasteiger partial charge in [0.05, 0.1) is 6.54 Å². The number of nitrogens with zero attached hydrogens (tertiary/aromatic N) is 4. The molecular weight excluding hydrogens is 530 g/mol. The Morgan fingerprint density at radius 1 is 1.11 bits per heavy atom. The summed E-state index contributed by atoms with van der Waals surface area (Å²) in [5.74, 6) is -4.70. The van der Waals surface area contributed by atoms with Gasteiger partial charge in [-0.1, -0.05) is 0 Å². The Kier molecular flexibility index (Phi) is 10.5. The third-order valence-electron chi connectivity index (χ3n) is 6.07. The number of piperidine rings is 1. The molecule has 2 aromatic rings. The Labute approximate surface area is 213 Å². The molecule has 0 bridgehead atoms. The molecule has 2 fully saturated rings. The van der Waals surface area contributed by atoms with Crippen molar-refractivity contribution in [3.63, 3.8) is 0 Å². The van der Waals surface area contributed by atoms with Gasteiger partial charge in [0.1, 0.15) is 0 Å². The molecule has 0 saturated carbocycles. The summed E-state index contributed by atoms with van der Waals surface area (Å²) >= 11 is 1.95. The first-order chi connectivity index (χ1) is 17.1. The first-order valence-electron chi connectivity index (χ1n) is 11.1. The number of halogens is 6. The van der Waals surface area contributed by atoms with Gasteiger partial charge in [-0.2, -0.15) is 31.4 Å². The van der Waals surface area contributed by atoms with E-state index < -0.39 is 24.3 Å². The second-order valence-corrected chi connectivity index (χ2v) is 10.1. The molecule has 4 heterocycles. The smallest absolute Gasteiger partial charge is 0.475 e. The molecule has 2 N–H and O–H groups in total. The number of thiophene rings is 1. The van der Waals surface area contributed by atoms with E-state index in [4.69, 9.17) is 19.8 Å². The average Bonchev–Trinajstić information content (AvgIpc) is 3.50. The average molecular weight is 559 g/mol. The predicted octanol–water partition coefficient (Wildman–Crippen LogP) is 4.11. The van der Waals surface area contributed by atoms with Gasteiger partial charge >= 0.3 is 24.3 Å². The number of carboxylic acid groups (broad SMARTS) is 2. The highest BCUT2D eigenvalue weighted by Crippen LogP contribution is 2.35. The topological polar surface area (TPSA) is 98.9 Å². The zero-order valence-electron chi connectivity index (χ0n) is 20.0. The van der Waals surface area contributed by atoms with Crippen molar-refractivity contribution < 1.29 is 46.1 Å². The summed E-state index contributed by atoms with van der Waals surface area (Å²) < 4.78 is 65.6. The Hall–Kier alpha value is -2.65. The first-order valence-corrected chi connectivity index (χ1v) is 12.0. The largest absolute Gasteiger partial charge is 0.490 e. The Bertz CT molecular complexity index is 988. The van der Waals surface area contributed by atoms with Gasteiger partial charge < -0.3 is 10.2 Å². The van der Waals surface area contributed by atoms with Crippen LogP contribution in [-0.2, 0) is 22.7 Å². The van der Waals surface area contributed by atoms with E-state index in [1.165, 1.54) is 35.7 Å². The summed E-state index contributed by atoms with van der Waals surface area (Å²) in [6, 6.07) is 7.96. The van der Waals surface area contributed by atoms with E-state index in [1.54, 1.807) is 0 Å². The van der Waals surface area contributed by atoms with Crippen LogP contribution in [0, 0.1) is 12.8 Å². The van der Waals surface area contributed by atoms with E-state index in [0.717, 1.165) is 25.0 Å². The molecule has 2 aliphatic heterocycles. The Morgan fingerprint density at radius 3 is 2.16 bits per heavy atom. The van der Waals surface area contributed by atoms with Gasteiger partial charge in [0.15, 0.2) is 0 Å². The van der Waals surface area contributed by atoms with Crippen LogP contribution in [0.25, 0.3) is 0 Å². The van der Waals surface area contributed by atoms with E-state index in [2.05, 4.69) is 51.9 Å². The lowest BCUT2D eigenvalue weighted by molar-refractivity contribution is -0.193. The number of aliphatic carboxylic acids is 2. The zero-order valence-corrected chi connectivity index (χ0v) is 20.9. The highest BCUT2D eigenvalue weighted by molar-refractivity contribution is 7.11. The van der Waals surface area contributed by atoms with Crippen molar-refractivity contribution in [1.82, 2.24) is 19.6 Å². The number of likely N-dealkylation sites (N-methyl/N-ethyl adjacent to an activating group) is 1. The van der Waals surface area contributed by atoms with Crippen molar-refractivity contribution in [3.05, 3.63) is 40.3 Å². The third-order valence-corrected chi connectivity index (χ3v) is 7.05. The number of hydrogen-bond donors (Lipinski definition) is 2. The predicted molar refractivity (Wildman–Crippen MR) is 122 cm³/mol. The maximum atomic E-state index is 10.6. The van der Waals surface area contributed by atoms with E-state index in [-0.39, 0.29) is 0 Å². The van der Waals surface area contributed by atoms with Crippen molar-refractivity contribution in [2.75, 3.05) is 20.1 Å². The lowest BCUT2D eigenvalue weighted by Gasteiger charge is -2.37. The van der Waals surface area contributed by atoms with Crippen molar-refractivity contribution in [2.24, 2.45) is 5.92 Å². The maximum absolute atomic E-state index is 10.6. The van der Waals surface area contributed by atoms with Gasteiger partial charge in [-0.05, 0) is 50.9 Å². The minimum absolute atomic E-state index is 0.633. The normalized spacial score (nSPS) is 22.3. The first kappa shape index (κ1) is 30.6. The van der Waals surface area contributed by atoms with Crippen LogP contribution in [0.3, 0.4) is 0 Å². The van der Waals surface area contributed by atoms with Crippen molar-refractivity contribution >= 4 is 23.3 Å². The van der Waals surface area contributed by atoms with Crippen molar-refractivity contribution in [3.8, 4) is 0 Å². The summed E-state index contributed by atoms with van der Waals surface area (Å²) in [7, 11) is 2.32. The fraction of sp³-hybridized carbons (Fsp3) is 0.591. The maximum Gasteiger partial charge on any atom is 0.490 e. The van der Waals surface area contributed by atoms with Gasteiger partial charge in [-0.15, -0.1) is 11.3 Å². The van der Waals surface area contributed by atoms with Crippen LogP contribution in [0.5, 0.6) is 0 Å². The summed E-state index contributed by atoms with van der Waals surface area (Å²) in [5, 5.41) is 18.6. The summed E-state index contributed by atoms with van der Waals surface area (Å²) in [6.07, 6.45) is -3.59. The van der Waals surface area contributed by atoms with Crippen LogP contribution >= 0.6 is 11.3 Å². The molecule has 2 saturated heterocycles. The number of rotatable bonds is 4. The second kappa shape index (κ2) is 12.7. The molecule has 0 radical (unpaired) electrons. The second-order valence-electron chi connectivity index (χ2n) is 8.75. The molecular formula is C22H28F6N4O4S. The number of alkyl halides is 6. The van der Waals surface area contributed by atoms with Crippen LogP contribution < -0.4 is 0 Å². The lowest BCUT2D eigenvalue weighted by Crippen LogP contribution is -2.45. The van der Waals surface area contributed by atoms with E-state index >= 15 is 0 Å². The summed E-state index contributed by atoms with van der Waals surface area (Å²) in [5.41, 5.74) is 0. The van der Waals surface area contributed by atoms with Crippen molar-refractivity contribution in [2.45, 2.75) is 57.3 Å². The molecule has 2 aromatic heterocycles. The van der Waals surface area contributed by atoms with E-state index in [1.807, 2.05) is 23.6 Å². The number of likely N-dealkylation sites (tertiary alicyclic amines) is 2. The van der Waals surface area contributed by atoms with Crippen LogP contribution in [-0.4, -0.2) is 86.3 Å². The fourth-order valence-electron chi connectivity index (χ4n) is 4.41. The molecule has 0 amide bonds. The van der Waals surface area contributed by atoms with E-state index in [0.29, 0.717) is 6.04 Å². The molecule has 2 aliphatic rings. The molecule has 37 heavy (non-hydrogen) atoms. The van der Waals surface area contributed by atoms with Gasteiger partial charge in [-0.25, -0.2) is 9.59 Å². The van der Waals surface area contributed by atoms with Crippen LogP contribution in [0.2, 0.25) is 0 Å². The SMILES string of the molecule is Cc1ccc(CN2CC[C@H]3[C@H](CC(Cn4cccn4)N3C)C2)s1.O=C(O)C(F)(F)F.O=C(O)C(F)(F)F. The van der Waals surface area contributed by atoms with Crippen LogP contribution in [0.15, 0.2) is 30.6 Å². The third kappa shape index (κ3) is 9.63. The number of aryl methyl sites for hydroxylation is 1. The van der Waals surface area contributed by atoms with Gasteiger partial charge in [0.2, 0.25) is 0 Å². The van der Waals surface area contributed by atoms with Gasteiger partial charge in [-0.3, -0.25) is 14.5 Å². The highest BCUT2D eigenvalue weighted by atomic mass is 32.1. The quantitative estimate of drug-likeness (QED) is 0.545. The molecule has 8 nitrogen and oxygen atoms in total. The Balaban J connectivity index is 0.000000286. The lowest BCUT2D eigenvalue weighted by atomic mass is 9.92. The molecule has 15 heteroatoms. The minimum Gasteiger partial charge on any atom is -0.475 e. The fourth-order valence-corrected chi connectivity index (χ4v) is 5.34. The summed E-state index contributed by atoms with van der Waals surface area (Å²) in [4.78, 5) is 26.0. The molecule has 3 atom stereocenters. The highest BCUT2D eigenvalue weighted by Gasteiger charge is 2.42. The number of aromatic nitrogens is 2. The number of carbonyl (C=O) groups is 2. The minimum atomic E-state index is -5.08. The monoisotopic (exact) mass is 558 g/mol. The summed E-state index contributed by atoms with van der Waals surface area (Å²) in [6.45, 7) is 6.85.